The van der Waals surface area contributed by atoms with Crippen molar-refractivity contribution in [2.24, 2.45) is 0 Å². The van der Waals surface area contributed by atoms with Gasteiger partial charge in [0.1, 0.15) is 5.75 Å². The molecule has 0 saturated carbocycles. The van der Waals surface area contributed by atoms with Crippen molar-refractivity contribution >= 4 is 21.5 Å². The average molecular weight is 297 g/mol. The van der Waals surface area contributed by atoms with E-state index in [9.17, 15) is 18.0 Å². The maximum absolute atomic E-state index is 12.0. The maximum Gasteiger partial charge on any atom is 0.235 e. The van der Waals surface area contributed by atoms with Gasteiger partial charge in [0.25, 0.3) is 0 Å². The zero-order valence-electron chi connectivity index (χ0n) is 11.7. The summed E-state index contributed by atoms with van der Waals surface area (Å²) in [5.74, 6) is -1.14. The summed E-state index contributed by atoms with van der Waals surface area (Å²) in [6.45, 7) is 4.08. The van der Waals surface area contributed by atoms with Crippen LogP contribution in [0.5, 0.6) is 0 Å². The van der Waals surface area contributed by atoms with E-state index in [0.717, 1.165) is 6.42 Å². The number of nitrogens with one attached hydrogen (secondary N) is 1. The molecule has 0 unspecified atom stereocenters. The fourth-order valence-corrected chi connectivity index (χ4v) is 2.79. The normalized spacial score (nSPS) is 11.1. The highest BCUT2D eigenvalue weighted by molar-refractivity contribution is 7.92. The molecule has 1 aromatic rings. The molecular formula is C14H19NO4S. The van der Waals surface area contributed by atoms with Crippen molar-refractivity contribution in [1.29, 1.82) is 0 Å². The van der Waals surface area contributed by atoms with Crippen molar-refractivity contribution < 1.29 is 18.0 Å². The monoisotopic (exact) mass is 297 g/mol. The fraction of sp³-hybridized carbons (Fsp3) is 0.429. The standard InChI is InChI=1S/C14H19NO4S/c1-3-9-15-14(17)10-20(18,19)12-7-5-11(6-8-12)13(16)4-2/h5-8H,3-4,9-10H2,1-2H3,(H,15,17). The Balaban J connectivity index is 2.82. The van der Waals surface area contributed by atoms with Crippen LogP contribution in [-0.2, 0) is 14.6 Å². The van der Waals surface area contributed by atoms with Crippen molar-refractivity contribution in [2.45, 2.75) is 31.6 Å². The first kappa shape index (κ1) is 16.4. The highest BCUT2D eigenvalue weighted by Crippen LogP contribution is 2.13. The first-order valence-electron chi connectivity index (χ1n) is 6.53. The molecule has 0 aliphatic heterocycles. The van der Waals surface area contributed by atoms with E-state index >= 15 is 0 Å². The number of carbonyl (C=O) groups is 2. The fourth-order valence-electron chi connectivity index (χ4n) is 1.62. The van der Waals surface area contributed by atoms with Gasteiger partial charge in [-0.2, -0.15) is 0 Å². The van der Waals surface area contributed by atoms with Crippen LogP contribution in [0.4, 0.5) is 0 Å². The summed E-state index contributed by atoms with van der Waals surface area (Å²) in [6.07, 6.45) is 1.12. The lowest BCUT2D eigenvalue weighted by Gasteiger charge is -2.06. The number of Topliss-reactive ketones (excluding diaryl/α,β-unsaturated/α-hetero) is 1. The topological polar surface area (TPSA) is 80.3 Å². The van der Waals surface area contributed by atoms with E-state index in [0.29, 0.717) is 18.5 Å². The second-order valence-corrected chi connectivity index (χ2v) is 6.40. The third-order valence-corrected chi connectivity index (χ3v) is 4.38. The van der Waals surface area contributed by atoms with Crippen LogP contribution < -0.4 is 5.32 Å². The SMILES string of the molecule is CCCNC(=O)CS(=O)(=O)c1ccc(C(=O)CC)cc1. The van der Waals surface area contributed by atoms with Crippen LogP contribution in [0.3, 0.4) is 0 Å². The number of sulfone groups is 1. The Kier molecular flexibility index (Phi) is 5.88. The van der Waals surface area contributed by atoms with E-state index in [-0.39, 0.29) is 10.7 Å². The second kappa shape index (κ2) is 7.19. The minimum absolute atomic E-state index is 0.0466. The zero-order chi connectivity index (χ0) is 15.2. The maximum atomic E-state index is 12.0. The lowest BCUT2D eigenvalue weighted by Crippen LogP contribution is -2.30. The Morgan fingerprint density at radius 1 is 1.10 bits per heavy atom. The molecule has 0 spiro atoms. The number of rotatable bonds is 7. The summed E-state index contributed by atoms with van der Waals surface area (Å²) in [4.78, 5) is 23.0. The Morgan fingerprint density at radius 2 is 1.70 bits per heavy atom. The van der Waals surface area contributed by atoms with Gasteiger partial charge < -0.3 is 5.32 Å². The first-order valence-corrected chi connectivity index (χ1v) is 8.18. The molecule has 5 nitrogen and oxygen atoms in total. The number of ketones is 1. The predicted molar refractivity (Wildman–Crippen MR) is 76.4 cm³/mol. The number of hydrogen-bond acceptors (Lipinski definition) is 4. The molecule has 1 N–H and O–H groups in total. The molecule has 6 heteroatoms. The van der Waals surface area contributed by atoms with E-state index in [4.69, 9.17) is 0 Å². The summed E-state index contributed by atoms with van der Waals surface area (Å²) >= 11 is 0. The van der Waals surface area contributed by atoms with Gasteiger partial charge in [0.2, 0.25) is 5.91 Å². The zero-order valence-corrected chi connectivity index (χ0v) is 12.5. The van der Waals surface area contributed by atoms with Crippen LogP contribution in [0.15, 0.2) is 29.2 Å². The van der Waals surface area contributed by atoms with Crippen LogP contribution in [-0.4, -0.2) is 32.4 Å². The van der Waals surface area contributed by atoms with E-state index in [2.05, 4.69) is 5.32 Å². The highest BCUT2D eigenvalue weighted by Gasteiger charge is 2.19. The largest absolute Gasteiger partial charge is 0.355 e. The molecule has 0 bridgehead atoms. The quantitative estimate of drug-likeness (QED) is 0.775. The predicted octanol–water partition coefficient (Wildman–Crippen LogP) is 1.58. The van der Waals surface area contributed by atoms with Crippen LogP contribution in [0.1, 0.15) is 37.0 Å². The van der Waals surface area contributed by atoms with Gasteiger partial charge in [-0.25, -0.2) is 8.42 Å². The smallest absolute Gasteiger partial charge is 0.235 e. The van der Waals surface area contributed by atoms with Gasteiger partial charge in [-0.15, -0.1) is 0 Å². The molecule has 0 aliphatic rings. The van der Waals surface area contributed by atoms with E-state index in [1.807, 2.05) is 6.92 Å². The van der Waals surface area contributed by atoms with Gasteiger partial charge in [-0.05, 0) is 18.6 Å². The molecule has 0 saturated heterocycles. The summed E-state index contributed by atoms with van der Waals surface area (Å²) in [6, 6.07) is 5.68. The van der Waals surface area contributed by atoms with Gasteiger partial charge >= 0.3 is 0 Å². The molecular weight excluding hydrogens is 278 g/mol. The molecule has 1 amide bonds. The minimum atomic E-state index is -3.66. The third kappa shape index (κ3) is 4.45. The Morgan fingerprint density at radius 3 is 2.20 bits per heavy atom. The molecule has 0 radical (unpaired) electrons. The lowest BCUT2D eigenvalue weighted by molar-refractivity contribution is -0.118. The highest BCUT2D eigenvalue weighted by atomic mass is 32.2. The van der Waals surface area contributed by atoms with Crippen molar-refractivity contribution in [3.63, 3.8) is 0 Å². The van der Waals surface area contributed by atoms with E-state index in [1.54, 1.807) is 6.92 Å². The van der Waals surface area contributed by atoms with Crippen LogP contribution in [0.25, 0.3) is 0 Å². The Bertz CT molecular complexity index is 576. The lowest BCUT2D eigenvalue weighted by atomic mass is 10.1. The first-order chi connectivity index (χ1) is 9.40. The van der Waals surface area contributed by atoms with Gasteiger partial charge in [0.15, 0.2) is 15.6 Å². The molecule has 0 heterocycles. The molecule has 20 heavy (non-hydrogen) atoms. The van der Waals surface area contributed by atoms with Crippen molar-refractivity contribution in [2.75, 3.05) is 12.3 Å². The molecule has 1 aromatic carbocycles. The molecule has 0 atom stereocenters. The second-order valence-electron chi connectivity index (χ2n) is 4.41. The van der Waals surface area contributed by atoms with Gasteiger partial charge in [-0.1, -0.05) is 26.0 Å². The number of carbonyl (C=O) groups excluding carboxylic acids is 2. The number of hydrogen-bond donors (Lipinski definition) is 1. The summed E-state index contributed by atoms with van der Waals surface area (Å²) < 4.78 is 24.0. The molecule has 0 aliphatic carbocycles. The average Bonchev–Trinajstić information content (AvgIpc) is 2.44. The molecule has 0 aromatic heterocycles. The van der Waals surface area contributed by atoms with E-state index in [1.165, 1.54) is 24.3 Å². The number of amides is 1. The van der Waals surface area contributed by atoms with Crippen molar-refractivity contribution in [3.8, 4) is 0 Å². The summed E-state index contributed by atoms with van der Waals surface area (Å²) in [5.41, 5.74) is 0.474. The van der Waals surface area contributed by atoms with Crippen LogP contribution >= 0.6 is 0 Å². The van der Waals surface area contributed by atoms with Crippen molar-refractivity contribution in [3.05, 3.63) is 29.8 Å². The third-order valence-electron chi connectivity index (χ3n) is 2.75. The van der Waals surface area contributed by atoms with Gasteiger partial charge in [-0.3, -0.25) is 9.59 Å². The van der Waals surface area contributed by atoms with Crippen LogP contribution in [0.2, 0.25) is 0 Å². The summed E-state index contributed by atoms with van der Waals surface area (Å²) in [7, 11) is -3.66. The Labute approximate surface area is 119 Å². The minimum Gasteiger partial charge on any atom is -0.355 e. The van der Waals surface area contributed by atoms with Gasteiger partial charge in [0, 0.05) is 18.5 Å². The Hall–Kier alpha value is -1.69. The number of benzene rings is 1. The molecule has 0 fully saturated rings. The van der Waals surface area contributed by atoms with Crippen molar-refractivity contribution in [1.82, 2.24) is 5.32 Å². The summed E-state index contributed by atoms with van der Waals surface area (Å²) in [5, 5.41) is 2.52. The van der Waals surface area contributed by atoms with E-state index < -0.39 is 21.5 Å². The molecule has 110 valence electrons. The van der Waals surface area contributed by atoms with Gasteiger partial charge in [0.05, 0.1) is 4.90 Å². The van der Waals surface area contributed by atoms with Crippen LogP contribution in [0, 0.1) is 0 Å². The molecule has 1 rings (SSSR count).